The molecule has 2 aromatic rings. The third-order valence-electron chi connectivity index (χ3n) is 3.45. The van der Waals surface area contributed by atoms with Crippen molar-refractivity contribution in [2.24, 2.45) is 4.99 Å². The van der Waals surface area contributed by atoms with Gasteiger partial charge in [-0.05, 0) is 19.4 Å². The van der Waals surface area contributed by atoms with E-state index in [1.165, 1.54) is 0 Å². The van der Waals surface area contributed by atoms with Crippen molar-refractivity contribution in [1.29, 1.82) is 0 Å². The first-order chi connectivity index (χ1) is 11.5. The maximum absolute atomic E-state index is 4.69. The Hall–Kier alpha value is -1.16. The monoisotopic (exact) mass is 476 g/mol. The SMILES string of the molecule is CCNC(=NCc1nc(C(C)(C)C)cs1)NCCCn1cccn1.I. The van der Waals surface area contributed by atoms with Crippen LogP contribution in [0.25, 0.3) is 0 Å². The van der Waals surface area contributed by atoms with Gasteiger partial charge in [-0.1, -0.05) is 20.8 Å². The molecular weight excluding hydrogens is 447 g/mol. The highest BCUT2D eigenvalue weighted by Crippen LogP contribution is 2.24. The molecule has 0 radical (unpaired) electrons. The largest absolute Gasteiger partial charge is 0.357 e. The van der Waals surface area contributed by atoms with E-state index in [2.05, 4.69) is 58.8 Å². The van der Waals surface area contributed by atoms with Gasteiger partial charge in [-0.2, -0.15) is 5.10 Å². The first-order valence-corrected chi connectivity index (χ1v) is 9.31. The lowest BCUT2D eigenvalue weighted by Crippen LogP contribution is -2.38. The normalized spacial score (nSPS) is 11.9. The van der Waals surface area contributed by atoms with Crippen molar-refractivity contribution in [1.82, 2.24) is 25.4 Å². The predicted octanol–water partition coefficient (Wildman–Crippen LogP) is 3.40. The highest BCUT2D eigenvalue weighted by molar-refractivity contribution is 14.0. The molecule has 6 nitrogen and oxygen atoms in total. The van der Waals surface area contributed by atoms with Crippen molar-refractivity contribution in [3.63, 3.8) is 0 Å². The molecule has 2 aromatic heterocycles. The van der Waals surface area contributed by atoms with E-state index in [4.69, 9.17) is 0 Å². The zero-order valence-corrected chi connectivity index (χ0v) is 18.6. The number of halogens is 1. The average molecular weight is 476 g/mol. The predicted molar refractivity (Wildman–Crippen MR) is 116 cm³/mol. The van der Waals surface area contributed by atoms with E-state index in [-0.39, 0.29) is 29.4 Å². The van der Waals surface area contributed by atoms with Crippen LogP contribution in [0.4, 0.5) is 0 Å². The Bertz CT molecular complexity index is 630. The van der Waals surface area contributed by atoms with Crippen molar-refractivity contribution < 1.29 is 0 Å². The van der Waals surface area contributed by atoms with Gasteiger partial charge in [0.2, 0.25) is 0 Å². The van der Waals surface area contributed by atoms with E-state index in [0.29, 0.717) is 6.54 Å². The third kappa shape index (κ3) is 7.72. The molecular formula is C17H29IN6S. The summed E-state index contributed by atoms with van der Waals surface area (Å²) in [7, 11) is 0. The lowest BCUT2D eigenvalue weighted by Gasteiger charge is -2.14. The number of aromatic nitrogens is 3. The molecule has 0 aromatic carbocycles. The number of aryl methyl sites for hydroxylation is 1. The Morgan fingerprint density at radius 3 is 2.72 bits per heavy atom. The molecule has 2 heterocycles. The van der Waals surface area contributed by atoms with Crippen LogP contribution in [0.15, 0.2) is 28.8 Å². The zero-order chi connectivity index (χ0) is 17.4. The molecule has 0 unspecified atom stereocenters. The van der Waals surface area contributed by atoms with Gasteiger partial charge in [-0.15, -0.1) is 35.3 Å². The third-order valence-corrected chi connectivity index (χ3v) is 4.29. The molecule has 8 heteroatoms. The molecule has 0 fully saturated rings. The van der Waals surface area contributed by atoms with E-state index in [9.17, 15) is 0 Å². The Morgan fingerprint density at radius 1 is 1.32 bits per heavy atom. The van der Waals surface area contributed by atoms with Gasteiger partial charge in [0.15, 0.2) is 5.96 Å². The summed E-state index contributed by atoms with van der Waals surface area (Å²) in [6.45, 7) is 11.8. The molecule has 0 aliphatic heterocycles. The van der Waals surface area contributed by atoms with Gasteiger partial charge in [0.05, 0.1) is 12.2 Å². The first kappa shape index (κ1) is 21.9. The second-order valence-electron chi connectivity index (χ2n) is 6.62. The van der Waals surface area contributed by atoms with Gasteiger partial charge < -0.3 is 10.6 Å². The van der Waals surface area contributed by atoms with Crippen molar-refractivity contribution >= 4 is 41.3 Å². The van der Waals surface area contributed by atoms with E-state index < -0.39 is 0 Å². The highest BCUT2D eigenvalue weighted by Gasteiger charge is 2.17. The molecule has 0 bridgehead atoms. The van der Waals surface area contributed by atoms with Crippen LogP contribution in [0.5, 0.6) is 0 Å². The fourth-order valence-electron chi connectivity index (χ4n) is 2.10. The van der Waals surface area contributed by atoms with Gasteiger partial charge in [-0.3, -0.25) is 4.68 Å². The summed E-state index contributed by atoms with van der Waals surface area (Å²) in [5.74, 6) is 0.838. The van der Waals surface area contributed by atoms with Crippen LogP contribution < -0.4 is 10.6 Å². The van der Waals surface area contributed by atoms with Gasteiger partial charge in [0.25, 0.3) is 0 Å². The zero-order valence-electron chi connectivity index (χ0n) is 15.5. The molecule has 0 spiro atoms. The molecule has 0 aliphatic rings. The van der Waals surface area contributed by atoms with Crippen LogP contribution in [0.2, 0.25) is 0 Å². The second-order valence-corrected chi connectivity index (χ2v) is 7.56. The fraction of sp³-hybridized carbons (Fsp3) is 0.588. The van der Waals surface area contributed by atoms with Gasteiger partial charge in [0.1, 0.15) is 5.01 Å². The van der Waals surface area contributed by atoms with E-state index in [1.807, 2.05) is 16.9 Å². The molecule has 25 heavy (non-hydrogen) atoms. The van der Waals surface area contributed by atoms with Crippen LogP contribution in [0, 0.1) is 0 Å². The van der Waals surface area contributed by atoms with Crippen LogP contribution in [-0.4, -0.2) is 33.8 Å². The maximum Gasteiger partial charge on any atom is 0.191 e. The Morgan fingerprint density at radius 2 is 2.12 bits per heavy atom. The van der Waals surface area contributed by atoms with Crippen LogP contribution in [-0.2, 0) is 18.5 Å². The minimum absolute atomic E-state index is 0. The molecule has 0 amide bonds. The molecule has 2 rings (SSSR count). The van der Waals surface area contributed by atoms with Crippen molar-refractivity contribution in [3.05, 3.63) is 34.5 Å². The van der Waals surface area contributed by atoms with Crippen molar-refractivity contribution in [2.75, 3.05) is 13.1 Å². The number of hydrogen-bond donors (Lipinski definition) is 2. The van der Waals surface area contributed by atoms with Crippen LogP contribution in [0.3, 0.4) is 0 Å². The summed E-state index contributed by atoms with van der Waals surface area (Å²) in [5, 5.41) is 14.0. The van der Waals surface area contributed by atoms with Gasteiger partial charge in [0, 0.05) is 42.8 Å². The lowest BCUT2D eigenvalue weighted by molar-refractivity contribution is 0.569. The van der Waals surface area contributed by atoms with Gasteiger partial charge in [-0.25, -0.2) is 9.98 Å². The Labute approximate surface area is 171 Å². The average Bonchev–Trinajstić information content (AvgIpc) is 3.19. The summed E-state index contributed by atoms with van der Waals surface area (Å²) < 4.78 is 1.94. The van der Waals surface area contributed by atoms with E-state index >= 15 is 0 Å². The van der Waals surface area contributed by atoms with Crippen LogP contribution >= 0.6 is 35.3 Å². The number of guanidine groups is 1. The minimum atomic E-state index is 0. The molecule has 0 saturated heterocycles. The van der Waals surface area contributed by atoms with Crippen molar-refractivity contribution in [2.45, 2.75) is 52.6 Å². The Balaban J connectivity index is 0.00000312. The number of thiazole rings is 1. The molecule has 0 saturated carbocycles. The summed E-state index contributed by atoms with van der Waals surface area (Å²) >= 11 is 1.68. The molecule has 140 valence electrons. The summed E-state index contributed by atoms with van der Waals surface area (Å²) in [4.78, 5) is 9.32. The quantitative estimate of drug-likeness (QED) is 0.278. The summed E-state index contributed by atoms with van der Waals surface area (Å²) in [6, 6.07) is 1.94. The molecule has 2 N–H and O–H groups in total. The standard InChI is InChI=1S/C17H28N6S.HI/c1-5-18-16(19-8-6-10-23-11-7-9-21-23)20-12-15-22-14(13-24-15)17(2,3)4;/h7,9,11,13H,5-6,8,10,12H2,1-4H3,(H2,18,19,20);1H. The topological polar surface area (TPSA) is 67.1 Å². The van der Waals surface area contributed by atoms with E-state index in [0.717, 1.165) is 42.7 Å². The highest BCUT2D eigenvalue weighted by atomic mass is 127. The number of hydrogen-bond acceptors (Lipinski definition) is 4. The lowest BCUT2D eigenvalue weighted by atomic mass is 9.93. The minimum Gasteiger partial charge on any atom is -0.357 e. The summed E-state index contributed by atoms with van der Waals surface area (Å²) in [5.41, 5.74) is 1.23. The second kappa shape index (κ2) is 10.7. The van der Waals surface area contributed by atoms with Crippen LogP contribution in [0.1, 0.15) is 44.8 Å². The van der Waals surface area contributed by atoms with Gasteiger partial charge >= 0.3 is 0 Å². The van der Waals surface area contributed by atoms with E-state index in [1.54, 1.807) is 17.5 Å². The maximum atomic E-state index is 4.69. The van der Waals surface area contributed by atoms with Crippen molar-refractivity contribution in [3.8, 4) is 0 Å². The number of nitrogens with one attached hydrogen (secondary N) is 2. The first-order valence-electron chi connectivity index (χ1n) is 8.43. The fourth-order valence-corrected chi connectivity index (χ4v) is 3.04. The molecule has 0 atom stereocenters. The number of aliphatic imine (C=N–C) groups is 1. The smallest absolute Gasteiger partial charge is 0.191 e. The molecule has 0 aliphatic carbocycles. The Kier molecular flexibility index (Phi) is 9.41. The number of nitrogens with zero attached hydrogens (tertiary/aromatic N) is 4. The summed E-state index contributed by atoms with van der Waals surface area (Å²) in [6.07, 6.45) is 4.78. The number of rotatable bonds is 7.